The molecule has 0 aliphatic carbocycles. The van der Waals surface area contributed by atoms with Crippen molar-refractivity contribution >= 4 is 28.7 Å². The Morgan fingerprint density at radius 1 is 1.41 bits per heavy atom. The number of rotatable bonds is 7. The molecule has 1 rings (SSSR count). The van der Waals surface area contributed by atoms with E-state index < -0.39 is 0 Å². The molecule has 0 aliphatic rings. The van der Waals surface area contributed by atoms with Crippen LogP contribution in [-0.2, 0) is 11.2 Å². The van der Waals surface area contributed by atoms with Crippen LogP contribution in [0.3, 0.4) is 0 Å². The van der Waals surface area contributed by atoms with Gasteiger partial charge in [0.1, 0.15) is 5.78 Å². The van der Waals surface area contributed by atoms with Crippen LogP contribution in [0.15, 0.2) is 12.1 Å². The lowest BCUT2D eigenvalue weighted by atomic mass is 9.83. The largest absolute Gasteiger partial charge is 0.330 e. The van der Waals surface area contributed by atoms with Gasteiger partial charge in [0.2, 0.25) is 0 Å². The maximum atomic E-state index is 11.8. The molecule has 96 valence electrons. The van der Waals surface area contributed by atoms with Gasteiger partial charge in [0, 0.05) is 17.7 Å². The summed E-state index contributed by atoms with van der Waals surface area (Å²) < 4.78 is 0.747. The number of halogens is 1. The van der Waals surface area contributed by atoms with Crippen molar-refractivity contribution in [2.45, 2.75) is 39.5 Å². The van der Waals surface area contributed by atoms with E-state index in [4.69, 9.17) is 17.3 Å². The van der Waals surface area contributed by atoms with Crippen LogP contribution in [-0.4, -0.2) is 12.3 Å². The summed E-state index contributed by atoms with van der Waals surface area (Å²) in [5.74, 6) is 0.286. The van der Waals surface area contributed by atoms with Gasteiger partial charge in [-0.3, -0.25) is 4.79 Å². The average Bonchev–Trinajstić information content (AvgIpc) is 2.61. The van der Waals surface area contributed by atoms with E-state index in [0.29, 0.717) is 19.4 Å². The lowest BCUT2D eigenvalue weighted by Crippen LogP contribution is -2.18. The zero-order valence-corrected chi connectivity index (χ0v) is 12.0. The van der Waals surface area contributed by atoms with Gasteiger partial charge < -0.3 is 5.73 Å². The minimum absolute atomic E-state index is 0.164. The summed E-state index contributed by atoms with van der Waals surface area (Å²) in [5.41, 5.74) is 5.71. The molecule has 4 heteroatoms. The Labute approximate surface area is 112 Å². The van der Waals surface area contributed by atoms with Crippen molar-refractivity contribution in [1.82, 2.24) is 0 Å². The van der Waals surface area contributed by atoms with Crippen LogP contribution in [0.5, 0.6) is 0 Å². The van der Waals surface area contributed by atoms with Gasteiger partial charge in [0.25, 0.3) is 0 Å². The van der Waals surface area contributed by atoms with Gasteiger partial charge in [0.15, 0.2) is 0 Å². The highest BCUT2D eigenvalue weighted by Gasteiger charge is 2.18. The Morgan fingerprint density at radius 2 is 2.12 bits per heavy atom. The van der Waals surface area contributed by atoms with Crippen LogP contribution in [0, 0.1) is 5.41 Å². The molecule has 0 bridgehead atoms. The molecule has 0 saturated heterocycles. The fourth-order valence-electron chi connectivity index (χ4n) is 1.72. The maximum absolute atomic E-state index is 11.8. The maximum Gasteiger partial charge on any atom is 0.138 e. The summed E-state index contributed by atoms with van der Waals surface area (Å²) >= 11 is 7.31. The van der Waals surface area contributed by atoms with Gasteiger partial charge >= 0.3 is 0 Å². The SMILES string of the molecule is CC(C)(CCN)CCC(=O)Cc1ccc(Cl)s1. The third kappa shape index (κ3) is 5.66. The number of thiophene rings is 1. The average molecular weight is 274 g/mol. The van der Waals surface area contributed by atoms with Gasteiger partial charge in [-0.15, -0.1) is 11.3 Å². The lowest BCUT2D eigenvalue weighted by Gasteiger charge is -2.23. The first-order valence-corrected chi connectivity index (χ1v) is 7.08. The number of Topliss-reactive ketones (excluding diaryl/α,β-unsaturated/α-hetero) is 1. The zero-order valence-electron chi connectivity index (χ0n) is 10.5. The van der Waals surface area contributed by atoms with Crippen LogP contribution < -0.4 is 5.73 Å². The molecule has 1 aromatic rings. The second kappa shape index (κ2) is 6.53. The topological polar surface area (TPSA) is 43.1 Å². The molecule has 0 amide bonds. The lowest BCUT2D eigenvalue weighted by molar-refractivity contribution is -0.118. The molecule has 0 unspecified atom stereocenters. The molecule has 0 aromatic carbocycles. The molecule has 1 heterocycles. The van der Waals surface area contributed by atoms with Crippen molar-refractivity contribution in [2.75, 3.05) is 6.54 Å². The Kier molecular flexibility index (Phi) is 5.63. The monoisotopic (exact) mass is 273 g/mol. The Morgan fingerprint density at radius 3 is 2.65 bits per heavy atom. The fraction of sp³-hybridized carbons (Fsp3) is 0.615. The molecule has 0 aliphatic heterocycles. The van der Waals surface area contributed by atoms with Crippen molar-refractivity contribution in [3.8, 4) is 0 Å². The summed E-state index contributed by atoms with van der Waals surface area (Å²) in [5, 5.41) is 0. The Balaban J connectivity index is 2.35. The summed E-state index contributed by atoms with van der Waals surface area (Å²) in [7, 11) is 0. The highest BCUT2D eigenvalue weighted by molar-refractivity contribution is 7.16. The van der Waals surface area contributed by atoms with Gasteiger partial charge in [0.05, 0.1) is 4.34 Å². The smallest absolute Gasteiger partial charge is 0.138 e. The van der Waals surface area contributed by atoms with Crippen LogP contribution in [0.4, 0.5) is 0 Å². The predicted octanol–water partition coefficient (Wildman–Crippen LogP) is 3.67. The first kappa shape index (κ1) is 14.7. The predicted molar refractivity (Wildman–Crippen MR) is 74.7 cm³/mol. The van der Waals surface area contributed by atoms with Crippen molar-refractivity contribution in [1.29, 1.82) is 0 Å². The number of carbonyl (C=O) groups is 1. The number of nitrogens with two attached hydrogens (primary N) is 1. The minimum Gasteiger partial charge on any atom is -0.330 e. The zero-order chi connectivity index (χ0) is 12.9. The van der Waals surface area contributed by atoms with Crippen molar-refractivity contribution in [3.05, 3.63) is 21.3 Å². The second-order valence-corrected chi connectivity index (χ2v) is 6.92. The van der Waals surface area contributed by atoms with E-state index >= 15 is 0 Å². The van der Waals surface area contributed by atoms with E-state index in [1.165, 1.54) is 11.3 Å². The van der Waals surface area contributed by atoms with E-state index in [2.05, 4.69) is 13.8 Å². The van der Waals surface area contributed by atoms with Crippen LogP contribution in [0.1, 0.15) is 38.0 Å². The standard InChI is InChI=1S/C13H20ClNOS/c1-13(2,7-8-15)6-5-10(16)9-11-3-4-12(14)17-11/h3-4H,5-9,15H2,1-2H3. The van der Waals surface area contributed by atoms with Crippen LogP contribution >= 0.6 is 22.9 Å². The molecular weight excluding hydrogens is 254 g/mol. The third-order valence-electron chi connectivity index (χ3n) is 2.90. The first-order chi connectivity index (χ1) is 7.93. The van der Waals surface area contributed by atoms with E-state index in [-0.39, 0.29) is 11.2 Å². The number of carbonyl (C=O) groups excluding carboxylic acids is 1. The van der Waals surface area contributed by atoms with Crippen molar-refractivity contribution in [2.24, 2.45) is 11.1 Å². The minimum atomic E-state index is 0.164. The summed E-state index contributed by atoms with van der Waals surface area (Å²) in [6, 6.07) is 3.77. The summed E-state index contributed by atoms with van der Waals surface area (Å²) in [6.07, 6.45) is 3.01. The normalized spacial score (nSPS) is 11.8. The molecule has 0 radical (unpaired) electrons. The summed E-state index contributed by atoms with van der Waals surface area (Å²) in [6.45, 7) is 5.01. The second-order valence-electron chi connectivity index (χ2n) is 5.12. The van der Waals surface area contributed by atoms with Crippen LogP contribution in [0.2, 0.25) is 4.34 Å². The molecule has 0 spiro atoms. The fourth-order valence-corrected chi connectivity index (χ4v) is 2.84. The Bertz CT molecular complexity index is 373. The van der Waals surface area contributed by atoms with Gasteiger partial charge in [-0.1, -0.05) is 25.4 Å². The summed E-state index contributed by atoms with van der Waals surface area (Å²) in [4.78, 5) is 12.9. The van der Waals surface area contributed by atoms with Gasteiger partial charge in [-0.05, 0) is 36.9 Å². The first-order valence-electron chi connectivity index (χ1n) is 5.89. The molecule has 0 fully saturated rings. The molecule has 1 aromatic heterocycles. The number of hydrogen-bond acceptors (Lipinski definition) is 3. The van der Waals surface area contributed by atoms with E-state index in [9.17, 15) is 4.79 Å². The molecule has 0 atom stereocenters. The highest BCUT2D eigenvalue weighted by atomic mass is 35.5. The van der Waals surface area contributed by atoms with Gasteiger partial charge in [-0.25, -0.2) is 0 Å². The van der Waals surface area contributed by atoms with Gasteiger partial charge in [-0.2, -0.15) is 0 Å². The Hall–Kier alpha value is -0.380. The quantitative estimate of drug-likeness (QED) is 0.824. The molecule has 2 nitrogen and oxygen atoms in total. The van der Waals surface area contributed by atoms with E-state index in [1.807, 2.05) is 12.1 Å². The van der Waals surface area contributed by atoms with Crippen LogP contribution in [0.25, 0.3) is 0 Å². The number of ketones is 1. The van der Waals surface area contributed by atoms with E-state index in [0.717, 1.165) is 22.1 Å². The molecule has 0 saturated carbocycles. The molecular formula is C13H20ClNOS. The van der Waals surface area contributed by atoms with E-state index in [1.54, 1.807) is 0 Å². The third-order valence-corrected chi connectivity index (χ3v) is 4.13. The number of hydrogen-bond donors (Lipinski definition) is 1. The van der Waals surface area contributed by atoms with Crippen molar-refractivity contribution < 1.29 is 4.79 Å². The highest BCUT2D eigenvalue weighted by Crippen LogP contribution is 2.27. The molecule has 17 heavy (non-hydrogen) atoms. The molecule has 2 N–H and O–H groups in total. The van der Waals surface area contributed by atoms with Crippen molar-refractivity contribution in [3.63, 3.8) is 0 Å².